The number of halogens is 3. The maximum absolute atomic E-state index is 13.6. The largest absolute Gasteiger partial charge is 0.508 e. The Morgan fingerprint density at radius 2 is 1.66 bits per heavy atom. The predicted molar refractivity (Wildman–Crippen MR) is 106 cm³/mol. The number of benzene rings is 3. The van der Waals surface area contributed by atoms with Gasteiger partial charge >= 0.3 is 6.18 Å². The molecule has 0 spiro atoms. The van der Waals surface area contributed by atoms with Crippen LogP contribution in [0.2, 0.25) is 0 Å². The van der Waals surface area contributed by atoms with Crippen molar-refractivity contribution in [2.45, 2.75) is 19.5 Å². The first kappa shape index (κ1) is 20.3. The molecule has 3 rings (SSSR count). The summed E-state index contributed by atoms with van der Waals surface area (Å²) in [7, 11) is 0. The summed E-state index contributed by atoms with van der Waals surface area (Å²) in [6.07, 6.45) is -3.99. The smallest absolute Gasteiger partial charge is 0.416 e. The molecule has 0 amide bonds. The molecule has 0 unspecified atom stereocenters. The van der Waals surface area contributed by atoms with Gasteiger partial charge < -0.3 is 16.0 Å². The van der Waals surface area contributed by atoms with Gasteiger partial charge in [0, 0.05) is 11.1 Å². The maximum atomic E-state index is 13.6. The predicted octanol–water partition coefficient (Wildman–Crippen LogP) is 5.40. The molecule has 0 saturated carbocycles. The lowest BCUT2D eigenvalue weighted by Gasteiger charge is -2.20. The molecule has 150 valence electrons. The van der Waals surface area contributed by atoms with Gasteiger partial charge in [0.2, 0.25) is 0 Å². The number of rotatable bonds is 4. The zero-order valence-corrected chi connectivity index (χ0v) is 15.5. The lowest BCUT2D eigenvalue weighted by atomic mass is 9.85. The van der Waals surface area contributed by atoms with Crippen LogP contribution in [-0.4, -0.2) is 16.1 Å². The molecule has 0 bridgehead atoms. The van der Waals surface area contributed by atoms with Crippen LogP contribution < -0.4 is 5.73 Å². The second-order valence-electron chi connectivity index (χ2n) is 6.49. The summed E-state index contributed by atoms with van der Waals surface area (Å²) < 4.78 is 40.8. The number of aromatic hydroxyl groups is 1. The SMILES string of the molecule is CCc1ccccc1-c1c(C(N)=NO)cc(C(F)(F)F)cc1-c1ccc(O)cc1. The summed E-state index contributed by atoms with van der Waals surface area (Å²) >= 11 is 0. The monoisotopic (exact) mass is 400 g/mol. The molecule has 0 aliphatic rings. The molecule has 0 radical (unpaired) electrons. The van der Waals surface area contributed by atoms with Crippen LogP contribution >= 0.6 is 0 Å². The highest BCUT2D eigenvalue weighted by Gasteiger charge is 2.33. The Morgan fingerprint density at radius 1 is 1.00 bits per heavy atom. The maximum Gasteiger partial charge on any atom is 0.416 e. The number of hydrogen-bond acceptors (Lipinski definition) is 3. The third kappa shape index (κ3) is 4.03. The van der Waals surface area contributed by atoms with Crippen molar-refractivity contribution >= 4 is 5.84 Å². The van der Waals surface area contributed by atoms with Crippen molar-refractivity contribution in [1.82, 2.24) is 0 Å². The summed E-state index contributed by atoms with van der Waals surface area (Å²) in [5, 5.41) is 21.8. The third-order valence-electron chi connectivity index (χ3n) is 4.70. The molecular formula is C22H19F3N2O2. The van der Waals surface area contributed by atoms with Crippen LogP contribution in [0.1, 0.15) is 23.6 Å². The van der Waals surface area contributed by atoms with Crippen LogP contribution in [0, 0.1) is 0 Å². The van der Waals surface area contributed by atoms with Crippen molar-refractivity contribution in [1.29, 1.82) is 0 Å². The van der Waals surface area contributed by atoms with E-state index >= 15 is 0 Å². The summed E-state index contributed by atoms with van der Waals surface area (Å²) in [5.41, 5.74) is 7.60. The molecule has 4 N–H and O–H groups in total. The van der Waals surface area contributed by atoms with Crippen LogP contribution in [-0.2, 0) is 12.6 Å². The zero-order valence-electron chi connectivity index (χ0n) is 15.5. The minimum absolute atomic E-state index is 0.00658. The van der Waals surface area contributed by atoms with E-state index in [0.717, 1.165) is 17.7 Å². The van der Waals surface area contributed by atoms with Gasteiger partial charge in [-0.25, -0.2) is 0 Å². The van der Waals surface area contributed by atoms with Gasteiger partial charge in [0.25, 0.3) is 0 Å². The van der Waals surface area contributed by atoms with Gasteiger partial charge in [-0.1, -0.05) is 48.5 Å². The second-order valence-corrected chi connectivity index (χ2v) is 6.49. The Kier molecular flexibility index (Phi) is 5.50. The number of oxime groups is 1. The first-order chi connectivity index (χ1) is 13.8. The molecule has 0 aromatic heterocycles. The standard InChI is InChI=1S/C22H19F3N2O2/c1-2-13-5-3-4-6-17(13)20-18(14-7-9-16(28)10-8-14)11-15(22(23,24)25)12-19(20)21(26)27-29/h3-12,28-29H,2H2,1H3,(H2,26,27). The molecule has 0 aliphatic carbocycles. The number of nitrogens with two attached hydrogens (primary N) is 1. The fourth-order valence-electron chi connectivity index (χ4n) is 3.29. The lowest BCUT2D eigenvalue weighted by molar-refractivity contribution is -0.137. The molecule has 3 aromatic carbocycles. The summed E-state index contributed by atoms with van der Waals surface area (Å²) in [4.78, 5) is 0. The van der Waals surface area contributed by atoms with Crippen molar-refractivity contribution in [3.8, 4) is 28.0 Å². The third-order valence-corrected chi connectivity index (χ3v) is 4.70. The highest BCUT2D eigenvalue weighted by atomic mass is 19.4. The van der Waals surface area contributed by atoms with E-state index in [1.165, 1.54) is 24.3 Å². The fraction of sp³-hybridized carbons (Fsp3) is 0.136. The van der Waals surface area contributed by atoms with Crippen molar-refractivity contribution in [2.24, 2.45) is 10.9 Å². The molecular weight excluding hydrogens is 381 g/mol. The minimum atomic E-state index is -4.63. The van der Waals surface area contributed by atoms with Crippen LogP contribution in [0.5, 0.6) is 5.75 Å². The molecule has 7 heteroatoms. The van der Waals surface area contributed by atoms with Crippen LogP contribution in [0.3, 0.4) is 0 Å². The summed E-state index contributed by atoms with van der Waals surface area (Å²) in [5.74, 6) is -0.426. The summed E-state index contributed by atoms with van der Waals surface area (Å²) in [6, 6.07) is 15.1. The van der Waals surface area contributed by atoms with Crippen LogP contribution in [0.4, 0.5) is 13.2 Å². The van der Waals surface area contributed by atoms with Gasteiger partial charge in [0.05, 0.1) is 5.56 Å². The number of hydrogen-bond donors (Lipinski definition) is 3. The highest BCUT2D eigenvalue weighted by molar-refractivity contribution is 6.07. The van der Waals surface area contributed by atoms with Gasteiger partial charge in [-0.05, 0) is 52.9 Å². The van der Waals surface area contributed by atoms with E-state index in [2.05, 4.69) is 5.16 Å². The summed E-state index contributed by atoms with van der Waals surface area (Å²) in [6.45, 7) is 1.94. The molecule has 0 heterocycles. The lowest BCUT2D eigenvalue weighted by Crippen LogP contribution is -2.17. The molecule has 4 nitrogen and oxygen atoms in total. The van der Waals surface area contributed by atoms with Gasteiger partial charge in [-0.15, -0.1) is 0 Å². The Morgan fingerprint density at radius 3 is 2.24 bits per heavy atom. The van der Waals surface area contributed by atoms with E-state index in [9.17, 15) is 23.5 Å². The van der Waals surface area contributed by atoms with Crippen molar-refractivity contribution < 1.29 is 23.5 Å². The van der Waals surface area contributed by atoms with Gasteiger partial charge in [-0.3, -0.25) is 0 Å². The van der Waals surface area contributed by atoms with E-state index in [0.29, 0.717) is 23.1 Å². The van der Waals surface area contributed by atoms with Gasteiger partial charge in [0.15, 0.2) is 5.84 Å². The van der Waals surface area contributed by atoms with Gasteiger partial charge in [0.1, 0.15) is 5.75 Å². The van der Waals surface area contributed by atoms with Crippen LogP contribution in [0.25, 0.3) is 22.3 Å². The number of amidine groups is 1. The highest BCUT2D eigenvalue weighted by Crippen LogP contribution is 2.42. The number of aryl methyl sites for hydroxylation is 1. The van der Waals surface area contributed by atoms with E-state index in [4.69, 9.17) is 5.73 Å². The average molecular weight is 400 g/mol. The van der Waals surface area contributed by atoms with E-state index < -0.39 is 17.6 Å². The van der Waals surface area contributed by atoms with Crippen molar-refractivity contribution in [3.05, 3.63) is 77.4 Å². The first-order valence-corrected chi connectivity index (χ1v) is 8.87. The van der Waals surface area contributed by atoms with E-state index in [1.807, 2.05) is 19.1 Å². The quantitative estimate of drug-likeness (QED) is 0.237. The van der Waals surface area contributed by atoms with Crippen LogP contribution in [0.15, 0.2) is 65.8 Å². The van der Waals surface area contributed by atoms with Gasteiger partial charge in [-0.2, -0.15) is 13.2 Å². The topological polar surface area (TPSA) is 78.8 Å². The van der Waals surface area contributed by atoms with Crippen molar-refractivity contribution in [3.63, 3.8) is 0 Å². The van der Waals surface area contributed by atoms with E-state index in [-0.39, 0.29) is 16.9 Å². The number of alkyl halides is 3. The Labute approximate surface area is 165 Å². The molecule has 0 atom stereocenters. The minimum Gasteiger partial charge on any atom is -0.508 e. The number of nitrogens with zero attached hydrogens (tertiary/aromatic N) is 1. The molecule has 3 aromatic rings. The Hall–Kier alpha value is -3.48. The Bertz CT molecular complexity index is 1060. The zero-order chi connectivity index (χ0) is 21.2. The average Bonchev–Trinajstić information content (AvgIpc) is 2.72. The fourth-order valence-corrected chi connectivity index (χ4v) is 3.29. The van der Waals surface area contributed by atoms with E-state index in [1.54, 1.807) is 12.1 Å². The van der Waals surface area contributed by atoms with Crippen molar-refractivity contribution in [2.75, 3.05) is 0 Å². The Balaban J connectivity index is 2.47. The second kappa shape index (κ2) is 7.87. The molecule has 0 fully saturated rings. The first-order valence-electron chi connectivity index (χ1n) is 8.87. The number of phenolic OH excluding ortho intramolecular Hbond substituents is 1. The molecule has 0 aliphatic heterocycles. The molecule has 29 heavy (non-hydrogen) atoms. The normalized spacial score (nSPS) is 12.2. The molecule has 0 saturated heterocycles. The number of phenols is 1.